The first-order valence-corrected chi connectivity index (χ1v) is 7.90. The fourth-order valence-corrected chi connectivity index (χ4v) is 4.20. The van der Waals surface area contributed by atoms with E-state index in [0.29, 0.717) is 6.04 Å². The van der Waals surface area contributed by atoms with Crippen LogP contribution in [-0.2, 0) is 0 Å². The maximum atomic E-state index is 4.87. The summed E-state index contributed by atoms with van der Waals surface area (Å²) in [7, 11) is 0. The molecule has 2 nitrogen and oxygen atoms in total. The van der Waals surface area contributed by atoms with Gasteiger partial charge < -0.3 is 5.32 Å². The summed E-state index contributed by atoms with van der Waals surface area (Å²) in [5.41, 5.74) is 0.233. The Morgan fingerprint density at radius 1 is 1.47 bits per heavy atom. The van der Waals surface area contributed by atoms with Crippen molar-refractivity contribution in [2.24, 2.45) is 4.99 Å². The Hall–Kier alpha value is 0.170. The molecule has 2 aliphatic rings. The van der Waals surface area contributed by atoms with Crippen LogP contribution in [0.5, 0.6) is 0 Å². The van der Waals surface area contributed by atoms with Crippen molar-refractivity contribution in [3.05, 3.63) is 0 Å². The number of hydrogen-bond acceptors (Lipinski definition) is 3. The summed E-state index contributed by atoms with van der Waals surface area (Å²) in [6, 6.07) is 0.559. The highest BCUT2D eigenvalue weighted by molar-refractivity contribution is 8.14. The van der Waals surface area contributed by atoms with Crippen molar-refractivity contribution in [2.45, 2.75) is 49.9 Å². The van der Waals surface area contributed by atoms with E-state index in [9.17, 15) is 0 Å². The minimum atomic E-state index is 0.233. The molecule has 0 bridgehead atoms. The van der Waals surface area contributed by atoms with Crippen LogP contribution in [0.4, 0.5) is 0 Å². The van der Waals surface area contributed by atoms with Gasteiger partial charge in [0.2, 0.25) is 0 Å². The van der Waals surface area contributed by atoms with E-state index >= 15 is 0 Å². The van der Waals surface area contributed by atoms with Crippen LogP contribution in [-0.4, -0.2) is 34.0 Å². The number of nitrogens with one attached hydrogen (secondary N) is 1. The third-order valence-electron chi connectivity index (χ3n) is 3.02. The van der Waals surface area contributed by atoms with Crippen LogP contribution in [0.25, 0.3) is 0 Å². The zero-order chi connectivity index (χ0) is 10.9. The van der Waals surface area contributed by atoms with Gasteiger partial charge in [-0.15, -0.1) is 0 Å². The Bertz CT molecular complexity index is 263. The minimum absolute atomic E-state index is 0.233. The molecule has 4 heteroatoms. The summed E-state index contributed by atoms with van der Waals surface area (Å²) in [6.07, 6.45) is 6.18. The van der Waals surface area contributed by atoms with Gasteiger partial charge in [-0.25, -0.2) is 0 Å². The first kappa shape index (κ1) is 11.6. The first-order valence-electron chi connectivity index (χ1n) is 5.62. The topological polar surface area (TPSA) is 24.4 Å². The lowest BCUT2D eigenvalue weighted by atomic mass is 10.1. The molecule has 2 unspecified atom stereocenters. The summed E-state index contributed by atoms with van der Waals surface area (Å²) < 4.78 is 0. The second-order valence-corrected chi connectivity index (χ2v) is 7.05. The van der Waals surface area contributed by atoms with Crippen LogP contribution < -0.4 is 5.32 Å². The number of hydrogen-bond donors (Lipinski definition) is 1. The molecule has 1 N–H and O–H groups in total. The zero-order valence-corrected chi connectivity index (χ0v) is 11.4. The lowest BCUT2D eigenvalue weighted by molar-refractivity contribution is 0.534. The maximum absolute atomic E-state index is 4.87. The molecule has 2 rings (SSSR count). The molecule has 0 aromatic carbocycles. The van der Waals surface area contributed by atoms with Crippen LogP contribution in [0.3, 0.4) is 0 Å². The Balaban J connectivity index is 1.98. The number of rotatable bonds is 2. The van der Waals surface area contributed by atoms with Crippen LogP contribution >= 0.6 is 23.5 Å². The van der Waals surface area contributed by atoms with Crippen LogP contribution in [0.1, 0.15) is 33.1 Å². The molecular formula is C11H20N2S2. The average Bonchev–Trinajstić information content (AvgIpc) is 2.73. The van der Waals surface area contributed by atoms with Crippen molar-refractivity contribution in [3.8, 4) is 0 Å². The highest BCUT2D eigenvalue weighted by atomic mass is 32.2. The molecule has 0 radical (unpaired) electrons. The quantitative estimate of drug-likeness (QED) is 0.808. The zero-order valence-electron chi connectivity index (χ0n) is 9.75. The Labute approximate surface area is 101 Å². The van der Waals surface area contributed by atoms with Gasteiger partial charge in [-0.05, 0) is 32.9 Å². The Morgan fingerprint density at radius 2 is 2.27 bits per heavy atom. The molecule has 0 amide bonds. The first-order chi connectivity index (χ1) is 7.11. The molecule has 2 fully saturated rings. The van der Waals surface area contributed by atoms with Crippen LogP contribution in [0.15, 0.2) is 4.99 Å². The SMILES string of the molecule is CSC1CCCC1N=C1NC(C)(C)CS1. The number of thioether (sulfide) groups is 2. The Kier molecular flexibility index (Phi) is 3.56. The van der Waals surface area contributed by atoms with Crippen molar-refractivity contribution in [3.63, 3.8) is 0 Å². The predicted octanol–water partition coefficient (Wildman–Crippen LogP) is 2.74. The van der Waals surface area contributed by atoms with Gasteiger partial charge in [0, 0.05) is 16.5 Å². The van der Waals surface area contributed by atoms with Crippen LogP contribution in [0, 0.1) is 0 Å². The van der Waals surface area contributed by atoms with Crippen molar-refractivity contribution < 1.29 is 0 Å². The average molecular weight is 244 g/mol. The second-order valence-electron chi connectivity index (χ2n) is 5.00. The number of amidine groups is 1. The number of aliphatic imine (C=N–C) groups is 1. The van der Waals surface area contributed by atoms with Crippen molar-refractivity contribution >= 4 is 28.7 Å². The molecule has 1 heterocycles. The van der Waals surface area contributed by atoms with Crippen LogP contribution in [0.2, 0.25) is 0 Å². The van der Waals surface area contributed by atoms with E-state index in [1.54, 1.807) is 0 Å². The molecule has 86 valence electrons. The van der Waals surface area contributed by atoms with Gasteiger partial charge in [0.1, 0.15) is 0 Å². The highest BCUT2D eigenvalue weighted by Crippen LogP contribution is 2.32. The number of nitrogens with zero attached hydrogens (tertiary/aromatic N) is 1. The molecule has 0 aromatic rings. The molecule has 1 aliphatic heterocycles. The monoisotopic (exact) mass is 244 g/mol. The van der Waals surface area contributed by atoms with E-state index in [4.69, 9.17) is 4.99 Å². The molecule has 0 spiro atoms. The van der Waals surface area contributed by atoms with E-state index < -0.39 is 0 Å². The van der Waals surface area contributed by atoms with E-state index in [1.807, 2.05) is 23.5 Å². The lowest BCUT2D eigenvalue weighted by Gasteiger charge is -2.17. The van der Waals surface area contributed by atoms with Gasteiger partial charge in [-0.3, -0.25) is 4.99 Å². The normalized spacial score (nSPS) is 37.1. The fourth-order valence-electron chi connectivity index (χ4n) is 2.16. The third-order valence-corrected chi connectivity index (χ3v) is 5.52. The minimum Gasteiger partial charge on any atom is -0.359 e. The molecule has 0 aromatic heterocycles. The van der Waals surface area contributed by atoms with Gasteiger partial charge in [-0.1, -0.05) is 18.2 Å². The standard InChI is InChI=1S/C11H20N2S2/c1-11(2)7-15-10(13-11)12-8-5-4-6-9(8)14-3/h8-9H,4-7H2,1-3H3,(H,12,13). The van der Waals surface area contributed by atoms with Gasteiger partial charge in [0.25, 0.3) is 0 Å². The predicted molar refractivity (Wildman–Crippen MR) is 72.0 cm³/mol. The van der Waals surface area contributed by atoms with Crippen molar-refractivity contribution in [2.75, 3.05) is 12.0 Å². The molecular weight excluding hydrogens is 224 g/mol. The van der Waals surface area contributed by atoms with Gasteiger partial charge in [-0.2, -0.15) is 11.8 Å². The summed E-state index contributed by atoms with van der Waals surface area (Å²) in [5, 5.41) is 5.43. The summed E-state index contributed by atoms with van der Waals surface area (Å²) in [5.74, 6) is 1.14. The van der Waals surface area contributed by atoms with Gasteiger partial charge in [0.05, 0.1) is 6.04 Å². The van der Waals surface area contributed by atoms with Gasteiger partial charge >= 0.3 is 0 Å². The molecule has 1 aliphatic carbocycles. The van der Waals surface area contributed by atoms with E-state index in [0.717, 1.165) is 11.0 Å². The molecule has 15 heavy (non-hydrogen) atoms. The third kappa shape index (κ3) is 2.84. The van der Waals surface area contributed by atoms with Crippen molar-refractivity contribution in [1.29, 1.82) is 0 Å². The summed E-state index contributed by atoms with van der Waals surface area (Å²) >= 11 is 3.86. The van der Waals surface area contributed by atoms with Gasteiger partial charge in [0.15, 0.2) is 5.17 Å². The van der Waals surface area contributed by atoms with E-state index in [2.05, 4.69) is 25.4 Å². The van der Waals surface area contributed by atoms with E-state index in [-0.39, 0.29) is 5.54 Å². The highest BCUT2D eigenvalue weighted by Gasteiger charge is 2.31. The fraction of sp³-hybridized carbons (Fsp3) is 0.909. The smallest absolute Gasteiger partial charge is 0.157 e. The maximum Gasteiger partial charge on any atom is 0.157 e. The molecule has 1 saturated carbocycles. The second kappa shape index (κ2) is 4.58. The molecule has 2 atom stereocenters. The van der Waals surface area contributed by atoms with Crippen molar-refractivity contribution in [1.82, 2.24) is 5.32 Å². The lowest BCUT2D eigenvalue weighted by Crippen LogP contribution is -2.37. The molecule has 1 saturated heterocycles. The largest absolute Gasteiger partial charge is 0.359 e. The summed E-state index contributed by atoms with van der Waals surface area (Å²) in [4.78, 5) is 4.87. The Morgan fingerprint density at radius 3 is 2.87 bits per heavy atom. The summed E-state index contributed by atoms with van der Waals surface area (Å²) in [6.45, 7) is 4.48. The van der Waals surface area contributed by atoms with E-state index in [1.165, 1.54) is 24.4 Å².